The lowest BCUT2D eigenvalue weighted by molar-refractivity contribution is -0.126. The number of amides is 2. The first-order valence-electron chi connectivity index (χ1n) is 8.40. The van der Waals surface area contributed by atoms with Gasteiger partial charge < -0.3 is 9.47 Å². The van der Waals surface area contributed by atoms with Gasteiger partial charge in [-0.25, -0.2) is 4.90 Å². The number of benzene rings is 1. The van der Waals surface area contributed by atoms with Crippen molar-refractivity contribution in [3.63, 3.8) is 0 Å². The van der Waals surface area contributed by atoms with E-state index in [0.717, 1.165) is 0 Å². The minimum atomic E-state index is -0.749. The van der Waals surface area contributed by atoms with Gasteiger partial charge in [-0.1, -0.05) is 12.2 Å². The third-order valence-electron chi connectivity index (χ3n) is 5.24. The van der Waals surface area contributed by atoms with Crippen molar-refractivity contribution in [3.05, 3.63) is 35.9 Å². The monoisotopic (exact) mass is 341 g/mol. The second-order valence-corrected chi connectivity index (χ2v) is 6.81. The SMILES string of the molecule is CCOc1ccc(C(C)=O)cc1N1C(=O)[C@@H]2[C@H]3C=C[C@@](C)(O3)[C@H]2C1=O. The standard InChI is InChI=1S/C19H19NO5/c1-4-24-13-6-5-11(10(2)21)9-12(13)20-17(22)15-14-7-8-19(3,25-14)16(15)18(20)23/h5-9,14-16H,4H2,1-3H3/t14-,15-,16-,19-/m1/s1. The van der Waals surface area contributed by atoms with Gasteiger partial charge in [-0.05, 0) is 39.0 Å². The number of hydrogen-bond acceptors (Lipinski definition) is 5. The Morgan fingerprint density at radius 2 is 2.08 bits per heavy atom. The minimum absolute atomic E-state index is 0.138. The predicted molar refractivity (Wildman–Crippen MR) is 89.5 cm³/mol. The fourth-order valence-corrected chi connectivity index (χ4v) is 4.08. The summed E-state index contributed by atoms with van der Waals surface area (Å²) in [6, 6.07) is 4.83. The van der Waals surface area contributed by atoms with E-state index in [0.29, 0.717) is 23.6 Å². The topological polar surface area (TPSA) is 72.9 Å². The molecule has 0 saturated carbocycles. The number of imide groups is 1. The Hall–Kier alpha value is -2.47. The molecule has 3 heterocycles. The molecule has 4 rings (SSSR count). The van der Waals surface area contributed by atoms with Crippen molar-refractivity contribution >= 4 is 23.3 Å². The Morgan fingerprint density at radius 3 is 2.72 bits per heavy atom. The van der Waals surface area contributed by atoms with Crippen LogP contribution in [0.15, 0.2) is 30.4 Å². The number of fused-ring (bicyclic) bond motifs is 5. The molecule has 3 aliphatic rings. The molecule has 2 saturated heterocycles. The van der Waals surface area contributed by atoms with Gasteiger partial charge in [-0.2, -0.15) is 0 Å². The van der Waals surface area contributed by atoms with Crippen LogP contribution in [0.3, 0.4) is 0 Å². The second kappa shape index (κ2) is 5.26. The van der Waals surface area contributed by atoms with Crippen molar-refractivity contribution in [1.82, 2.24) is 0 Å². The van der Waals surface area contributed by atoms with Crippen LogP contribution in [-0.2, 0) is 14.3 Å². The number of anilines is 1. The van der Waals surface area contributed by atoms with Crippen LogP contribution >= 0.6 is 0 Å². The molecule has 0 aliphatic carbocycles. The Morgan fingerprint density at radius 1 is 1.32 bits per heavy atom. The maximum absolute atomic E-state index is 13.1. The van der Waals surface area contributed by atoms with E-state index in [9.17, 15) is 14.4 Å². The molecule has 130 valence electrons. The first-order chi connectivity index (χ1) is 11.9. The zero-order valence-electron chi connectivity index (χ0n) is 14.3. The molecule has 0 spiro atoms. The molecule has 0 aromatic heterocycles. The van der Waals surface area contributed by atoms with Crippen LogP contribution in [0.5, 0.6) is 5.75 Å². The summed E-state index contributed by atoms with van der Waals surface area (Å²) in [5.41, 5.74) is 0.0162. The molecule has 3 aliphatic heterocycles. The van der Waals surface area contributed by atoms with Gasteiger partial charge in [0.1, 0.15) is 5.75 Å². The molecule has 0 radical (unpaired) electrons. The number of ketones is 1. The fourth-order valence-electron chi connectivity index (χ4n) is 4.08. The second-order valence-electron chi connectivity index (χ2n) is 6.81. The van der Waals surface area contributed by atoms with Gasteiger partial charge in [-0.15, -0.1) is 0 Å². The van der Waals surface area contributed by atoms with E-state index in [4.69, 9.17) is 9.47 Å². The number of nitrogens with zero attached hydrogens (tertiary/aromatic N) is 1. The summed E-state index contributed by atoms with van der Waals surface area (Å²) in [4.78, 5) is 39.0. The molecular formula is C19H19NO5. The molecule has 2 amide bonds. The molecule has 1 aromatic carbocycles. The summed E-state index contributed by atoms with van der Waals surface area (Å²) in [6.45, 7) is 5.49. The van der Waals surface area contributed by atoms with Crippen LogP contribution in [0.4, 0.5) is 5.69 Å². The molecule has 6 heteroatoms. The van der Waals surface area contributed by atoms with Crippen LogP contribution in [-0.4, -0.2) is 35.9 Å². The Balaban J connectivity index is 1.80. The lowest BCUT2D eigenvalue weighted by Gasteiger charge is -2.25. The molecular weight excluding hydrogens is 322 g/mol. The number of ether oxygens (including phenoxy) is 2. The molecule has 2 fully saturated rings. The summed E-state index contributed by atoms with van der Waals surface area (Å²) < 4.78 is 11.4. The lowest BCUT2D eigenvalue weighted by atomic mass is 9.78. The van der Waals surface area contributed by atoms with Gasteiger partial charge >= 0.3 is 0 Å². The van der Waals surface area contributed by atoms with E-state index in [2.05, 4.69) is 0 Å². The summed E-state index contributed by atoms with van der Waals surface area (Å²) in [5.74, 6) is -1.37. The summed E-state index contributed by atoms with van der Waals surface area (Å²) >= 11 is 0. The van der Waals surface area contributed by atoms with E-state index in [1.54, 1.807) is 18.2 Å². The smallest absolute Gasteiger partial charge is 0.241 e. The van der Waals surface area contributed by atoms with E-state index in [1.807, 2.05) is 26.0 Å². The number of Topliss-reactive ketones (excluding diaryl/α,β-unsaturated/α-hetero) is 1. The highest BCUT2D eigenvalue weighted by molar-refractivity contribution is 6.24. The van der Waals surface area contributed by atoms with Crippen LogP contribution in [0.25, 0.3) is 0 Å². The quantitative estimate of drug-likeness (QED) is 0.476. The molecule has 0 N–H and O–H groups in total. The highest BCUT2D eigenvalue weighted by Gasteiger charge is 2.66. The lowest BCUT2D eigenvalue weighted by Crippen LogP contribution is -2.38. The average molecular weight is 341 g/mol. The average Bonchev–Trinajstić information content (AvgIpc) is 3.17. The number of carbonyl (C=O) groups is 3. The molecule has 6 nitrogen and oxygen atoms in total. The van der Waals surface area contributed by atoms with E-state index in [1.165, 1.54) is 11.8 Å². The van der Waals surface area contributed by atoms with Crippen molar-refractivity contribution in [2.45, 2.75) is 32.5 Å². The van der Waals surface area contributed by atoms with Crippen LogP contribution in [0.2, 0.25) is 0 Å². The predicted octanol–water partition coefficient (Wildman–Crippen LogP) is 2.12. The fraction of sp³-hybridized carbons (Fsp3) is 0.421. The van der Waals surface area contributed by atoms with Crippen molar-refractivity contribution in [2.75, 3.05) is 11.5 Å². The van der Waals surface area contributed by atoms with Crippen molar-refractivity contribution in [1.29, 1.82) is 0 Å². The largest absolute Gasteiger partial charge is 0.492 e. The molecule has 2 bridgehead atoms. The van der Waals surface area contributed by atoms with Gasteiger partial charge in [0.15, 0.2) is 5.78 Å². The molecule has 25 heavy (non-hydrogen) atoms. The van der Waals surface area contributed by atoms with E-state index >= 15 is 0 Å². The maximum atomic E-state index is 13.1. The Bertz CT molecular complexity index is 829. The van der Waals surface area contributed by atoms with E-state index in [-0.39, 0.29) is 23.7 Å². The number of rotatable bonds is 4. The first-order valence-corrected chi connectivity index (χ1v) is 8.40. The van der Waals surface area contributed by atoms with Gasteiger partial charge in [0.25, 0.3) is 0 Å². The third-order valence-corrected chi connectivity index (χ3v) is 5.24. The minimum Gasteiger partial charge on any atom is -0.492 e. The summed E-state index contributed by atoms with van der Waals surface area (Å²) in [6.07, 6.45) is 3.34. The van der Waals surface area contributed by atoms with Crippen molar-refractivity contribution < 1.29 is 23.9 Å². The molecule has 1 aromatic rings. The third kappa shape index (κ3) is 2.10. The van der Waals surface area contributed by atoms with Gasteiger partial charge in [0, 0.05) is 5.56 Å². The van der Waals surface area contributed by atoms with Crippen molar-refractivity contribution in [2.24, 2.45) is 11.8 Å². The van der Waals surface area contributed by atoms with Gasteiger partial charge in [0.05, 0.1) is 35.8 Å². The molecule has 4 atom stereocenters. The van der Waals surface area contributed by atoms with Crippen LogP contribution in [0, 0.1) is 11.8 Å². The normalized spacial score (nSPS) is 32.4. The summed E-state index contributed by atoms with van der Waals surface area (Å²) in [5, 5.41) is 0. The van der Waals surface area contributed by atoms with Crippen LogP contribution < -0.4 is 9.64 Å². The first kappa shape index (κ1) is 16.0. The number of hydrogen-bond donors (Lipinski definition) is 0. The van der Waals surface area contributed by atoms with Gasteiger partial charge in [-0.3, -0.25) is 14.4 Å². The summed E-state index contributed by atoms with van der Waals surface area (Å²) in [7, 11) is 0. The maximum Gasteiger partial charge on any atom is 0.241 e. The van der Waals surface area contributed by atoms with Crippen LogP contribution in [0.1, 0.15) is 31.1 Å². The van der Waals surface area contributed by atoms with E-state index < -0.39 is 17.4 Å². The zero-order chi connectivity index (χ0) is 17.9. The Kier molecular flexibility index (Phi) is 3.37. The molecule has 0 unspecified atom stereocenters. The highest BCUT2D eigenvalue weighted by Crippen LogP contribution is 2.53. The number of carbonyl (C=O) groups excluding carboxylic acids is 3. The van der Waals surface area contributed by atoms with Gasteiger partial charge in [0.2, 0.25) is 11.8 Å². The Labute approximate surface area is 145 Å². The zero-order valence-corrected chi connectivity index (χ0v) is 14.3. The van der Waals surface area contributed by atoms with Crippen molar-refractivity contribution in [3.8, 4) is 5.75 Å². The highest BCUT2D eigenvalue weighted by atomic mass is 16.5.